The predicted octanol–water partition coefficient (Wildman–Crippen LogP) is 3.64. The zero-order chi connectivity index (χ0) is 18.5. The zero-order valence-electron chi connectivity index (χ0n) is 15.2. The number of carbonyl (C=O) groups excluding carboxylic acids is 2. The van der Waals surface area contributed by atoms with Crippen LogP contribution in [0.5, 0.6) is 0 Å². The van der Waals surface area contributed by atoms with Crippen LogP contribution in [0.2, 0.25) is 0 Å². The summed E-state index contributed by atoms with van der Waals surface area (Å²) < 4.78 is 4.95. The van der Waals surface area contributed by atoms with Crippen molar-refractivity contribution in [3.05, 3.63) is 59.7 Å². The minimum absolute atomic E-state index is 0.0366. The quantitative estimate of drug-likeness (QED) is 0.807. The Hall–Kier alpha value is -2.82. The van der Waals surface area contributed by atoms with Gasteiger partial charge < -0.3 is 15.0 Å². The Balaban J connectivity index is 1.54. The van der Waals surface area contributed by atoms with Gasteiger partial charge in [-0.3, -0.25) is 4.79 Å². The van der Waals surface area contributed by atoms with Gasteiger partial charge in [-0.25, -0.2) is 4.79 Å². The van der Waals surface area contributed by atoms with Crippen LogP contribution in [0.1, 0.15) is 36.2 Å². The summed E-state index contributed by atoms with van der Waals surface area (Å²) in [5, 5.41) is 2.89. The molecule has 5 nitrogen and oxygen atoms in total. The molecule has 0 bridgehead atoms. The van der Waals surface area contributed by atoms with Gasteiger partial charge in [-0.15, -0.1) is 0 Å². The van der Waals surface area contributed by atoms with E-state index in [9.17, 15) is 9.59 Å². The molecule has 0 radical (unpaired) electrons. The summed E-state index contributed by atoms with van der Waals surface area (Å²) in [5.41, 5.74) is 3.73. The molecule has 1 amide bonds. The Kier molecular flexibility index (Phi) is 5.56. The van der Waals surface area contributed by atoms with Gasteiger partial charge in [-0.2, -0.15) is 0 Å². The second-order valence-electron chi connectivity index (χ2n) is 6.47. The third kappa shape index (κ3) is 4.04. The lowest BCUT2D eigenvalue weighted by Crippen LogP contribution is -2.32. The number of fused-ring (bicyclic) bond motifs is 1. The van der Waals surface area contributed by atoms with Crippen LogP contribution in [0, 0.1) is 0 Å². The van der Waals surface area contributed by atoms with Gasteiger partial charge in [0.25, 0.3) is 0 Å². The standard InChI is InChI=1S/C21H24N2O3/c1-3-26-21(25)16-8-10-18(11-9-16)22-20(24)12-13-23-15(2)14-17-6-4-5-7-19(17)23/h4-11,15H,3,12-14H2,1-2H3,(H,22,24). The van der Waals surface area contributed by atoms with Crippen molar-refractivity contribution in [2.45, 2.75) is 32.7 Å². The summed E-state index contributed by atoms with van der Waals surface area (Å²) in [4.78, 5) is 26.2. The van der Waals surface area contributed by atoms with Gasteiger partial charge in [0.15, 0.2) is 0 Å². The van der Waals surface area contributed by atoms with Crippen molar-refractivity contribution in [3.8, 4) is 0 Å². The van der Waals surface area contributed by atoms with Gasteiger partial charge >= 0.3 is 5.97 Å². The number of hydrogen-bond acceptors (Lipinski definition) is 4. The molecular formula is C21H24N2O3. The topological polar surface area (TPSA) is 58.6 Å². The fourth-order valence-corrected chi connectivity index (χ4v) is 3.32. The highest BCUT2D eigenvalue weighted by Crippen LogP contribution is 2.31. The van der Waals surface area contributed by atoms with Crippen molar-refractivity contribution in [1.29, 1.82) is 0 Å². The average Bonchev–Trinajstić information content (AvgIpc) is 2.96. The molecule has 1 aliphatic heterocycles. The minimum atomic E-state index is -0.355. The van der Waals surface area contributed by atoms with E-state index in [0.717, 1.165) is 6.42 Å². The highest BCUT2D eigenvalue weighted by Gasteiger charge is 2.25. The Labute approximate surface area is 154 Å². The molecule has 0 spiro atoms. The van der Waals surface area contributed by atoms with Gasteiger partial charge in [0.2, 0.25) is 5.91 Å². The van der Waals surface area contributed by atoms with Gasteiger partial charge in [-0.05, 0) is 56.2 Å². The van der Waals surface area contributed by atoms with Crippen molar-refractivity contribution < 1.29 is 14.3 Å². The second-order valence-corrected chi connectivity index (χ2v) is 6.47. The second kappa shape index (κ2) is 8.04. The van der Waals surface area contributed by atoms with E-state index >= 15 is 0 Å². The first-order valence-electron chi connectivity index (χ1n) is 9.00. The molecule has 0 aliphatic carbocycles. The lowest BCUT2D eigenvalue weighted by Gasteiger charge is -2.24. The van der Waals surface area contributed by atoms with Crippen LogP contribution in [-0.2, 0) is 16.0 Å². The maximum Gasteiger partial charge on any atom is 0.338 e. The summed E-state index contributed by atoms with van der Waals surface area (Å²) in [6.07, 6.45) is 1.44. The van der Waals surface area contributed by atoms with Crippen LogP contribution in [0.25, 0.3) is 0 Å². The molecule has 3 rings (SSSR count). The van der Waals surface area contributed by atoms with Crippen LogP contribution >= 0.6 is 0 Å². The molecule has 1 aliphatic rings. The number of amides is 1. The van der Waals surface area contributed by atoms with Crippen LogP contribution in [-0.4, -0.2) is 31.1 Å². The Bertz CT molecular complexity index is 786. The number of rotatable bonds is 6. The Morgan fingerprint density at radius 2 is 1.88 bits per heavy atom. The highest BCUT2D eigenvalue weighted by molar-refractivity contribution is 5.93. The van der Waals surface area contributed by atoms with E-state index in [1.165, 1.54) is 11.3 Å². The maximum atomic E-state index is 12.3. The van der Waals surface area contributed by atoms with E-state index in [0.29, 0.717) is 36.9 Å². The molecule has 2 aromatic carbocycles. The van der Waals surface area contributed by atoms with E-state index in [4.69, 9.17) is 4.74 Å². The fourth-order valence-electron chi connectivity index (χ4n) is 3.32. The van der Waals surface area contributed by atoms with Crippen molar-refractivity contribution in [2.24, 2.45) is 0 Å². The summed E-state index contributed by atoms with van der Waals surface area (Å²) in [6.45, 7) is 4.98. The third-order valence-corrected chi connectivity index (χ3v) is 4.61. The summed E-state index contributed by atoms with van der Waals surface area (Å²) in [5.74, 6) is -0.391. The van der Waals surface area contributed by atoms with Crippen molar-refractivity contribution in [3.63, 3.8) is 0 Å². The monoisotopic (exact) mass is 352 g/mol. The molecule has 26 heavy (non-hydrogen) atoms. The Morgan fingerprint density at radius 1 is 1.15 bits per heavy atom. The molecule has 0 saturated carbocycles. The SMILES string of the molecule is CCOC(=O)c1ccc(NC(=O)CCN2c3ccccc3CC2C)cc1. The number of nitrogens with zero attached hydrogens (tertiary/aromatic N) is 1. The van der Waals surface area contributed by atoms with Crippen LogP contribution in [0.3, 0.4) is 0 Å². The summed E-state index contributed by atoms with van der Waals surface area (Å²) in [7, 11) is 0. The molecule has 2 aromatic rings. The summed E-state index contributed by atoms with van der Waals surface area (Å²) in [6, 6.07) is 15.5. The predicted molar refractivity (Wildman–Crippen MR) is 103 cm³/mol. The first-order chi connectivity index (χ1) is 12.6. The molecule has 1 N–H and O–H groups in total. The maximum absolute atomic E-state index is 12.3. The van der Waals surface area contributed by atoms with Crippen LogP contribution in [0.4, 0.5) is 11.4 Å². The van der Waals surface area contributed by atoms with Gasteiger partial charge in [0.05, 0.1) is 12.2 Å². The van der Waals surface area contributed by atoms with E-state index in [1.54, 1.807) is 31.2 Å². The fraction of sp³-hybridized carbons (Fsp3) is 0.333. The molecule has 0 aromatic heterocycles. The normalized spacial score (nSPS) is 15.5. The number of benzene rings is 2. The van der Waals surface area contributed by atoms with E-state index in [1.807, 2.05) is 6.07 Å². The van der Waals surface area contributed by atoms with Gasteiger partial charge in [0, 0.05) is 30.4 Å². The number of para-hydroxylation sites is 1. The number of ether oxygens (including phenoxy) is 1. The molecule has 0 fully saturated rings. The van der Waals surface area contributed by atoms with Gasteiger partial charge in [0.1, 0.15) is 0 Å². The molecule has 1 unspecified atom stereocenters. The van der Waals surface area contributed by atoms with E-state index in [-0.39, 0.29) is 11.9 Å². The number of esters is 1. The average molecular weight is 352 g/mol. The zero-order valence-corrected chi connectivity index (χ0v) is 15.2. The molecular weight excluding hydrogens is 328 g/mol. The third-order valence-electron chi connectivity index (χ3n) is 4.61. The number of hydrogen-bond donors (Lipinski definition) is 1. The minimum Gasteiger partial charge on any atom is -0.462 e. The molecule has 1 atom stereocenters. The van der Waals surface area contributed by atoms with E-state index in [2.05, 4.69) is 35.3 Å². The first-order valence-corrected chi connectivity index (χ1v) is 9.00. The largest absolute Gasteiger partial charge is 0.462 e. The lowest BCUT2D eigenvalue weighted by molar-refractivity contribution is -0.116. The number of nitrogens with one attached hydrogen (secondary N) is 1. The Morgan fingerprint density at radius 3 is 2.62 bits per heavy atom. The van der Waals surface area contributed by atoms with Crippen molar-refractivity contribution >= 4 is 23.3 Å². The molecule has 1 heterocycles. The summed E-state index contributed by atoms with van der Waals surface area (Å²) >= 11 is 0. The number of carbonyl (C=O) groups is 2. The van der Waals surface area contributed by atoms with Gasteiger partial charge in [-0.1, -0.05) is 18.2 Å². The molecule has 5 heteroatoms. The number of anilines is 2. The van der Waals surface area contributed by atoms with Crippen molar-refractivity contribution in [1.82, 2.24) is 0 Å². The van der Waals surface area contributed by atoms with Crippen LogP contribution < -0.4 is 10.2 Å². The highest BCUT2D eigenvalue weighted by atomic mass is 16.5. The first kappa shape index (κ1) is 18.0. The molecule has 136 valence electrons. The molecule has 0 saturated heterocycles. The smallest absolute Gasteiger partial charge is 0.338 e. The van der Waals surface area contributed by atoms with Crippen molar-refractivity contribution in [2.75, 3.05) is 23.4 Å². The van der Waals surface area contributed by atoms with Crippen LogP contribution in [0.15, 0.2) is 48.5 Å². The lowest BCUT2D eigenvalue weighted by atomic mass is 10.1. The van der Waals surface area contributed by atoms with E-state index < -0.39 is 0 Å².